The van der Waals surface area contributed by atoms with Gasteiger partial charge >= 0.3 is 0 Å². The van der Waals surface area contributed by atoms with Gasteiger partial charge in [-0.2, -0.15) is 0 Å². The Bertz CT molecular complexity index is 256. The van der Waals surface area contributed by atoms with Crippen LogP contribution in [-0.2, 0) is 4.74 Å². The summed E-state index contributed by atoms with van der Waals surface area (Å²) in [7, 11) is 0. The number of morpholine rings is 1. The van der Waals surface area contributed by atoms with Gasteiger partial charge in [0, 0.05) is 26.2 Å². The molecule has 0 radical (unpaired) electrons. The van der Waals surface area contributed by atoms with E-state index in [1.54, 1.807) is 0 Å². The summed E-state index contributed by atoms with van der Waals surface area (Å²) in [6.45, 7) is 7.21. The minimum atomic E-state index is 0.333. The Hall–Kier alpha value is -0.230. The van der Waals surface area contributed by atoms with E-state index in [-0.39, 0.29) is 0 Å². The van der Waals surface area contributed by atoms with Crippen LogP contribution in [0.2, 0.25) is 0 Å². The van der Waals surface area contributed by atoms with Gasteiger partial charge in [0.2, 0.25) is 0 Å². The van der Waals surface area contributed by atoms with Gasteiger partial charge in [0.1, 0.15) is 0 Å². The molecule has 4 nitrogen and oxygen atoms in total. The van der Waals surface area contributed by atoms with Crippen LogP contribution < -0.4 is 5.73 Å². The minimum Gasteiger partial charge on any atom is -0.392 e. The Morgan fingerprint density at radius 1 is 1.18 bits per heavy atom. The van der Waals surface area contributed by atoms with E-state index < -0.39 is 0 Å². The van der Waals surface area contributed by atoms with Crippen LogP contribution in [0, 0.1) is 0 Å². The van der Waals surface area contributed by atoms with Crippen LogP contribution in [-0.4, -0.2) is 66.8 Å². The highest BCUT2D eigenvalue weighted by Crippen LogP contribution is 2.17. The highest BCUT2D eigenvalue weighted by Gasteiger charge is 2.24. The van der Waals surface area contributed by atoms with Crippen molar-refractivity contribution in [1.29, 1.82) is 0 Å². The Balaban J connectivity index is 1.77. The fraction of sp³-hybridized carbons (Fsp3) is 0.917. The lowest BCUT2D eigenvalue weighted by Crippen LogP contribution is -2.50. The average molecular weight is 257 g/mol. The highest BCUT2D eigenvalue weighted by molar-refractivity contribution is 7.80. The molecule has 2 N–H and O–H groups in total. The molecule has 2 aliphatic rings. The molecule has 17 heavy (non-hydrogen) atoms. The second kappa shape index (κ2) is 6.64. The van der Waals surface area contributed by atoms with Crippen LogP contribution in [0.15, 0.2) is 0 Å². The fourth-order valence-corrected chi connectivity index (χ4v) is 2.94. The van der Waals surface area contributed by atoms with Crippen molar-refractivity contribution in [2.75, 3.05) is 45.9 Å². The second-order valence-corrected chi connectivity index (χ2v) is 5.38. The summed E-state index contributed by atoms with van der Waals surface area (Å²) < 4.78 is 5.35. The van der Waals surface area contributed by atoms with Gasteiger partial charge in [-0.1, -0.05) is 18.6 Å². The molecule has 0 aromatic carbocycles. The maximum Gasteiger partial charge on any atom is 0.0902 e. The van der Waals surface area contributed by atoms with E-state index in [1.807, 2.05) is 0 Å². The average Bonchev–Trinajstić information content (AvgIpc) is 2.38. The Kier molecular flexibility index (Phi) is 5.16. The molecule has 2 rings (SSSR count). The standard InChI is InChI=1S/C12H23N3OS/c13-12(17)11-3-1-2-4-15(11)6-5-14-7-9-16-10-8-14/h11H,1-10H2,(H2,13,17). The van der Waals surface area contributed by atoms with Crippen LogP contribution in [0.1, 0.15) is 19.3 Å². The predicted molar refractivity (Wildman–Crippen MR) is 73.3 cm³/mol. The molecule has 2 fully saturated rings. The monoisotopic (exact) mass is 257 g/mol. The van der Waals surface area contributed by atoms with Crippen LogP contribution >= 0.6 is 12.2 Å². The van der Waals surface area contributed by atoms with Crippen LogP contribution in [0.3, 0.4) is 0 Å². The molecular weight excluding hydrogens is 234 g/mol. The first-order chi connectivity index (χ1) is 8.27. The molecule has 2 aliphatic heterocycles. The van der Waals surface area contributed by atoms with Gasteiger partial charge in [-0.3, -0.25) is 9.80 Å². The van der Waals surface area contributed by atoms with E-state index in [0.29, 0.717) is 11.0 Å². The normalized spacial score (nSPS) is 28.1. The summed E-state index contributed by atoms with van der Waals surface area (Å²) in [5.41, 5.74) is 5.82. The lowest BCUT2D eigenvalue weighted by atomic mass is 10.0. The third-order valence-corrected chi connectivity index (χ3v) is 4.02. The molecule has 1 atom stereocenters. The van der Waals surface area contributed by atoms with E-state index in [4.69, 9.17) is 22.7 Å². The predicted octanol–water partition coefficient (Wildman–Crippen LogP) is 0.459. The van der Waals surface area contributed by atoms with Crippen molar-refractivity contribution >= 4 is 17.2 Å². The molecular formula is C12H23N3OS. The number of hydrogen-bond donors (Lipinski definition) is 1. The third kappa shape index (κ3) is 3.88. The topological polar surface area (TPSA) is 41.7 Å². The number of nitrogens with zero attached hydrogens (tertiary/aromatic N) is 2. The van der Waals surface area contributed by atoms with E-state index in [0.717, 1.165) is 52.4 Å². The lowest BCUT2D eigenvalue weighted by molar-refractivity contribution is 0.0309. The highest BCUT2D eigenvalue weighted by atomic mass is 32.1. The number of hydrogen-bond acceptors (Lipinski definition) is 4. The van der Waals surface area contributed by atoms with Crippen molar-refractivity contribution in [2.45, 2.75) is 25.3 Å². The molecule has 0 aromatic heterocycles. The van der Waals surface area contributed by atoms with E-state index in [1.165, 1.54) is 12.8 Å². The van der Waals surface area contributed by atoms with Gasteiger partial charge in [-0.15, -0.1) is 0 Å². The molecule has 0 bridgehead atoms. The van der Waals surface area contributed by atoms with E-state index in [2.05, 4.69) is 9.80 Å². The number of piperidine rings is 1. The first-order valence-corrected chi connectivity index (χ1v) is 7.01. The van der Waals surface area contributed by atoms with Gasteiger partial charge < -0.3 is 10.5 Å². The molecule has 98 valence electrons. The van der Waals surface area contributed by atoms with Gasteiger partial charge in [0.15, 0.2) is 0 Å². The van der Waals surface area contributed by atoms with E-state index >= 15 is 0 Å². The fourth-order valence-electron chi connectivity index (χ4n) is 2.68. The maximum atomic E-state index is 5.82. The van der Waals surface area contributed by atoms with Crippen molar-refractivity contribution in [2.24, 2.45) is 5.73 Å². The smallest absolute Gasteiger partial charge is 0.0902 e. The van der Waals surface area contributed by atoms with Gasteiger partial charge in [-0.25, -0.2) is 0 Å². The summed E-state index contributed by atoms with van der Waals surface area (Å²) in [6.07, 6.45) is 3.68. The van der Waals surface area contributed by atoms with Crippen LogP contribution in [0.4, 0.5) is 0 Å². The maximum absolute atomic E-state index is 5.82. The third-order valence-electron chi connectivity index (χ3n) is 3.75. The summed E-state index contributed by atoms with van der Waals surface area (Å²) in [5, 5.41) is 0. The number of ether oxygens (including phenoxy) is 1. The number of nitrogens with two attached hydrogens (primary N) is 1. The molecule has 5 heteroatoms. The Morgan fingerprint density at radius 2 is 1.94 bits per heavy atom. The largest absolute Gasteiger partial charge is 0.392 e. The van der Waals surface area contributed by atoms with Gasteiger partial charge in [0.25, 0.3) is 0 Å². The molecule has 2 saturated heterocycles. The van der Waals surface area contributed by atoms with E-state index in [9.17, 15) is 0 Å². The molecule has 2 heterocycles. The lowest BCUT2D eigenvalue weighted by Gasteiger charge is -2.37. The molecule has 0 spiro atoms. The summed E-state index contributed by atoms with van der Waals surface area (Å²) in [4.78, 5) is 5.60. The van der Waals surface area contributed by atoms with Crippen molar-refractivity contribution in [3.05, 3.63) is 0 Å². The quantitative estimate of drug-likeness (QED) is 0.741. The van der Waals surface area contributed by atoms with Crippen molar-refractivity contribution in [3.8, 4) is 0 Å². The van der Waals surface area contributed by atoms with Crippen LogP contribution in [0.5, 0.6) is 0 Å². The molecule has 1 unspecified atom stereocenters. The van der Waals surface area contributed by atoms with Crippen molar-refractivity contribution in [3.63, 3.8) is 0 Å². The number of likely N-dealkylation sites (tertiary alicyclic amines) is 1. The first kappa shape index (κ1) is 13.2. The molecule has 0 amide bonds. The first-order valence-electron chi connectivity index (χ1n) is 6.61. The van der Waals surface area contributed by atoms with Crippen LogP contribution in [0.25, 0.3) is 0 Å². The van der Waals surface area contributed by atoms with Crippen molar-refractivity contribution < 1.29 is 4.74 Å². The van der Waals surface area contributed by atoms with Crippen molar-refractivity contribution in [1.82, 2.24) is 9.80 Å². The minimum absolute atomic E-state index is 0.333. The zero-order valence-electron chi connectivity index (χ0n) is 10.4. The van der Waals surface area contributed by atoms with Gasteiger partial charge in [-0.05, 0) is 19.4 Å². The Labute approximate surface area is 109 Å². The number of thiocarbonyl (C=S) groups is 1. The zero-order chi connectivity index (χ0) is 12.1. The Morgan fingerprint density at radius 3 is 2.65 bits per heavy atom. The second-order valence-electron chi connectivity index (χ2n) is 4.90. The van der Waals surface area contributed by atoms with Gasteiger partial charge in [0.05, 0.1) is 24.2 Å². The summed E-state index contributed by atoms with van der Waals surface area (Å²) in [6, 6.07) is 0.333. The SMILES string of the molecule is NC(=S)C1CCCCN1CCN1CCOCC1. The summed E-state index contributed by atoms with van der Waals surface area (Å²) >= 11 is 5.17. The summed E-state index contributed by atoms with van der Waals surface area (Å²) in [5.74, 6) is 0. The molecule has 0 aliphatic carbocycles. The zero-order valence-corrected chi connectivity index (χ0v) is 11.3. The molecule has 0 aromatic rings. The molecule has 0 saturated carbocycles. The number of rotatable bonds is 4.